The van der Waals surface area contributed by atoms with E-state index < -0.39 is 11.5 Å². The second-order valence-corrected chi connectivity index (χ2v) is 11.4. The zero-order valence-electron chi connectivity index (χ0n) is 21.8. The van der Waals surface area contributed by atoms with Gasteiger partial charge in [-0.15, -0.1) is 0 Å². The number of carbonyl (C=O) groups excluding carboxylic acids is 1. The van der Waals surface area contributed by atoms with Crippen LogP contribution in [0.15, 0.2) is 65.9 Å². The number of H-pyrrole nitrogens is 1. The van der Waals surface area contributed by atoms with Gasteiger partial charge in [0.05, 0.1) is 43.6 Å². The van der Waals surface area contributed by atoms with E-state index in [4.69, 9.17) is 42.1 Å². The van der Waals surface area contributed by atoms with Crippen LogP contribution in [0.5, 0.6) is 5.75 Å². The standard InChI is InChI=1S/C30H30Cl2N2O6/c31-20-3-8-23(9-4-20)40-29(36)34-12-11-24-25-13-21(32)5-10-26(25)33-27(24)28(34)19-1-6-22(7-2-19)39-17-30(14-35)15-37-18-38-16-30/h1,3-6,8-10,13,28,33,35H,2,7,11-12,14-18H2. The second kappa shape index (κ2) is 11.5. The van der Waals surface area contributed by atoms with Crippen LogP contribution in [-0.2, 0) is 20.6 Å². The molecule has 1 unspecified atom stereocenters. The Morgan fingerprint density at radius 2 is 1.82 bits per heavy atom. The molecule has 10 heteroatoms. The number of aromatic nitrogens is 1. The second-order valence-electron chi connectivity index (χ2n) is 10.5. The van der Waals surface area contributed by atoms with Gasteiger partial charge in [-0.2, -0.15) is 0 Å². The van der Waals surface area contributed by atoms with Gasteiger partial charge in [0.2, 0.25) is 0 Å². The lowest BCUT2D eigenvalue weighted by atomic mass is 9.88. The van der Waals surface area contributed by atoms with Gasteiger partial charge in [-0.25, -0.2) is 4.79 Å². The van der Waals surface area contributed by atoms with Gasteiger partial charge in [0.25, 0.3) is 0 Å². The number of rotatable bonds is 6. The molecule has 1 aliphatic carbocycles. The third-order valence-electron chi connectivity index (χ3n) is 7.72. The number of hydrogen-bond acceptors (Lipinski definition) is 6. The average molecular weight is 585 g/mol. The highest BCUT2D eigenvalue weighted by molar-refractivity contribution is 6.31. The monoisotopic (exact) mass is 584 g/mol. The number of aromatic amines is 1. The molecule has 3 aromatic rings. The van der Waals surface area contributed by atoms with E-state index in [0.717, 1.165) is 33.5 Å². The van der Waals surface area contributed by atoms with E-state index in [0.29, 0.717) is 61.4 Å². The summed E-state index contributed by atoms with van der Waals surface area (Å²) in [5, 5.41) is 12.2. The minimum Gasteiger partial charge on any atom is -0.497 e. The first kappa shape index (κ1) is 27.2. The van der Waals surface area contributed by atoms with E-state index in [1.54, 1.807) is 29.2 Å². The van der Waals surface area contributed by atoms with Gasteiger partial charge in [-0.1, -0.05) is 29.3 Å². The van der Waals surface area contributed by atoms with Gasteiger partial charge < -0.3 is 29.0 Å². The van der Waals surface area contributed by atoms with Crippen molar-refractivity contribution in [1.82, 2.24) is 9.88 Å². The number of carbonyl (C=O) groups is 1. The normalized spacial score (nSPS) is 20.5. The molecule has 210 valence electrons. The molecule has 2 aliphatic heterocycles. The number of nitrogens with zero attached hydrogens (tertiary/aromatic N) is 1. The zero-order chi connectivity index (χ0) is 27.7. The number of nitrogens with one attached hydrogen (secondary N) is 1. The van der Waals surface area contributed by atoms with Crippen molar-refractivity contribution >= 4 is 40.2 Å². The highest BCUT2D eigenvalue weighted by atomic mass is 35.5. The summed E-state index contributed by atoms with van der Waals surface area (Å²) >= 11 is 12.3. The quantitative estimate of drug-likeness (QED) is 0.359. The predicted molar refractivity (Wildman–Crippen MR) is 152 cm³/mol. The first-order valence-corrected chi connectivity index (χ1v) is 14.0. The number of hydrogen-bond donors (Lipinski definition) is 2. The Morgan fingerprint density at radius 3 is 2.55 bits per heavy atom. The number of amides is 1. The number of fused-ring (bicyclic) bond motifs is 3. The summed E-state index contributed by atoms with van der Waals surface area (Å²) in [7, 11) is 0. The highest BCUT2D eigenvalue weighted by Crippen LogP contribution is 2.42. The van der Waals surface area contributed by atoms with Crippen molar-refractivity contribution in [3.05, 3.63) is 87.3 Å². The molecule has 40 heavy (non-hydrogen) atoms. The van der Waals surface area contributed by atoms with Crippen LogP contribution in [0.4, 0.5) is 4.79 Å². The summed E-state index contributed by atoms with van der Waals surface area (Å²) in [6.45, 7) is 1.72. The van der Waals surface area contributed by atoms with Crippen LogP contribution >= 0.6 is 23.2 Å². The maximum Gasteiger partial charge on any atom is 0.416 e. The molecule has 0 saturated carbocycles. The summed E-state index contributed by atoms with van der Waals surface area (Å²) in [6.07, 6.45) is 5.57. The third-order valence-corrected chi connectivity index (χ3v) is 8.21. The number of allylic oxidation sites excluding steroid dienone is 3. The Balaban J connectivity index is 1.29. The maximum absolute atomic E-state index is 13.5. The van der Waals surface area contributed by atoms with Crippen LogP contribution in [0.2, 0.25) is 10.0 Å². The number of aliphatic hydroxyl groups excluding tert-OH is 1. The van der Waals surface area contributed by atoms with Crippen LogP contribution in [0, 0.1) is 5.41 Å². The molecule has 1 saturated heterocycles. The fraction of sp³-hybridized carbons (Fsp3) is 0.367. The molecular weight excluding hydrogens is 555 g/mol. The van der Waals surface area contributed by atoms with E-state index in [1.165, 1.54) is 0 Å². The van der Waals surface area contributed by atoms with Gasteiger partial charge in [0, 0.05) is 39.6 Å². The van der Waals surface area contributed by atoms with E-state index in [9.17, 15) is 9.90 Å². The molecule has 3 heterocycles. The molecular formula is C30H30Cl2N2O6. The Bertz CT molecular complexity index is 1460. The van der Waals surface area contributed by atoms with Gasteiger partial charge in [0.15, 0.2) is 0 Å². The zero-order valence-corrected chi connectivity index (χ0v) is 23.3. The molecule has 1 aromatic heterocycles. The number of ether oxygens (including phenoxy) is 4. The topological polar surface area (TPSA) is 93.3 Å². The maximum atomic E-state index is 13.5. The number of benzene rings is 2. The van der Waals surface area contributed by atoms with Crippen molar-refractivity contribution in [3.63, 3.8) is 0 Å². The van der Waals surface area contributed by atoms with Crippen molar-refractivity contribution in [1.29, 1.82) is 0 Å². The SMILES string of the molecule is O=C(Oc1ccc(Cl)cc1)N1CCc2c([nH]c3ccc(Cl)cc23)C1C1=CC=C(OCC2(CO)COCOC2)CC1. The molecule has 0 radical (unpaired) electrons. The summed E-state index contributed by atoms with van der Waals surface area (Å²) in [5.41, 5.74) is 3.60. The van der Waals surface area contributed by atoms with Gasteiger partial charge >= 0.3 is 6.09 Å². The smallest absolute Gasteiger partial charge is 0.416 e. The molecule has 3 aliphatic rings. The van der Waals surface area contributed by atoms with E-state index in [1.807, 2.05) is 30.4 Å². The van der Waals surface area contributed by atoms with Crippen LogP contribution in [-0.4, -0.2) is 60.8 Å². The van der Waals surface area contributed by atoms with Crippen LogP contribution in [0.3, 0.4) is 0 Å². The largest absolute Gasteiger partial charge is 0.497 e. The Morgan fingerprint density at radius 1 is 1.05 bits per heavy atom. The molecule has 2 N–H and O–H groups in total. The third kappa shape index (κ3) is 5.47. The van der Waals surface area contributed by atoms with Crippen LogP contribution < -0.4 is 4.74 Å². The first-order chi connectivity index (χ1) is 19.4. The Labute approximate surface area is 242 Å². The van der Waals surface area contributed by atoms with Gasteiger partial charge in [-0.05, 0) is 72.5 Å². The molecule has 1 atom stereocenters. The van der Waals surface area contributed by atoms with Crippen molar-refractivity contribution < 1.29 is 28.8 Å². The number of aliphatic hydroxyl groups is 1. The lowest BCUT2D eigenvalue weighted by molar-refractivity contribution is -0.189. The minimum atomic E-state index is -0.574. The summed E-state index contributed by atoms with van der Waals surface area (Å²) in [4.78, 5) is 18.9. The average Bonchev–Trinajstić information content (AvgIpc) is 3.35. The van der Waals surface area contributed by atoms with Crippen LogP contribution in [0.25, 0.3) is 10.9 Å². The van der Waals surface area contributed by atoms with Crippen molar-refractivity contribution in [3.8, 4) is 5.75 Å². The summed E-state index contributed by atoms with van der Waals surface area (Å²) < 4.78 is 22.7. The van der Waals surface area contributed by atoms with Crippen molar-refractivity contribution in [2.24, 2.45) is 5.41 Å². The lowest BCUT2D eigenvalue weighted by Crippen LogP contribution is -2.44. The number of halogens is 2. The molecule has 0 spiro atoms. The van der Waals surface area contributed by atoms with E-state index >= 15 is 0 Å². The van der Waals surface area contributed by atoms with Crippen LogP contribution in [0.1, 0.15) is 30.1 Å². The Hall–Kier alpha value is -3.01. The molecule has 0 bridgehead atoms. The summed E-state index contributed by atoms with van der Waals surface area (Å²) in [6, 6.07) is 12.2. The fourth-order valence-electron chi connectivity index (χ4n) is 5.57. The molecule has 1 amide bonds. The van der Waals surface area contributed by atoms with E-state index in [2.05, 4.69) is 4.98 Å². The van der Waals surface area contributed by atoms with Gasteiger partial charge in [0.1, 0.15) is 12.5 Å². The fourth-order valence-corrected chi connectivity index (χ4v) is 5.87. The highest BCUT2D eigenvalue weighted by Gasteiger charge is 2.38. The molecule has 6 rings (SSSR count). The minimum absolute atomic E-state index is 0.0820. The van der Waals surface area contributed by atoms with Crippen molar-refractivity contribution in [2.75, 3.05) is 39.8 Å². The summed E-state index contributed by atoms with van der Waals surface area (Å²) in [5.74, 6) is 1.25. The predicted octanol–water partition coefficient (Wildman–Crippen LogP) is 6.18. The first-order valence-electron chi connectivity index (χ1n) is 13.3. The molecule has 2 aromatic carbocycles. The van der Waals surface area contributed by atoms with Gasteiger partial charge in [-0.3, -0.25) is 4.90 Å². The van der Waals surface area contributed by atoms with Crippen molar-refractivity contribution in [2.45, 2.75) is 25.3 Å². The Kier molecular flexibility index (Phi) is 7.79. The molecule has 8 nitrogen and oxygen atoms in total. The van der Waals surface area contributed by atoms with E-state index in [-0.39, 0.29) is 19.4 Å². The molecule has 1 fully saturated rings. The lowest BCUT2D eigenvalue weighted by Gasteiger charge is -2.37.